The van der Waals surface area contributed by atoms with Crippen LogP contribution in [-0.2, 0) is 17.5 Å². The van der Waals surface area contributed by atoms with E-state index in [9.17, 15) is 13.2 Å². The summed E-state index contributed by atoms with van der Waals surface area (Å²) in [7, 11) is 0. The Balaban J connectivity index is 1.77. The minimum atomic E-state index is -4.41. The molecule has 27 heavy (non-hydrogen) atoms. The average Bonchev–Trinajstić information content (AvgIpc) is 3.05. The van der Waals surface area contributed by atoms with E-state index in [1.165, 1.54) is 0 Å². The standard InChI is InChI=1S/C17H28F3N5OS/c1-4-21-16(23-8-15-24-14(11-27-15)17(18,19)20)22-6-5-7-25-9-12(2)26-13(3)10-25/h11-13H,4-10H2,1-3H3,(H2,21,22,23). The Labute approximate surface area is 162 Å². The fraction of sp³-hybridized carbons (Fsp3) is 0.765. The lowest BCUT2D eigenvalue weighted by Crippen LogP contribution is -2.46. The Morgan fingerprint density at radius 1 is 1.33 bits per heavy atom. The number of aromatic nitrogens is 1. The molecule has 2 rings (SSSR count). The average molecular weight is 408 g/mol. The van der Waals surface area contributed by atoms with Crippen molar-refractivity contribution in [1.82, 2.24) is 20.5 Å². The molecule has 10 heteroatoms. The van der Waals surface area contributed by atoms with Gasteiger partial charge in [0.05, 0.1) is 18.8 Å². The van der Waals surface area contributed by atoms with Crippen molar-refractivity contribution in [2.24, 2.45) is 4.99 Å². The van der Waals surface area contributed by atoms with Crippen LogP contribution in [0.3, 0.4) is 0 Å². The number of morpholine rings is 1. The molecule has 0 amide bonds. The third kappa shape index (κ3) is 7.63. The van der Waals surface area contributed by atoms with Gasteiger partial charge in [0.25, 0.3) is 0 Å². The van der Waals surface area contributed by atoms with Crippen LogP contribution >= 0.6 is 11.3 Å². The van der Waals surface area contributed by atoms with Crippen molar-refractivity contribution in [1.29, 1.82) is 0 Å². The second-order valence-electron chi connectivity index (χ2n) is 6.62. The molecule has 1 fully saturated rings. The van der Waals surface area contributed by atoms with Crippen LogP contribution in [0.25, 0.3) is 0 Å². The summed E-state index contributed by atoms with van der Waals surface area (Å²) in [5, 5.41) is 7.69. The van der Waals surface area contributed by atoms with Crippen molar-refractivity contribution < 1.29 is 17.9 Å². The molecular formula is C17H28F3N5OS. The Kier molecular flexibility index (Phi) is 8.30. The number of rotatable bonds is 7. The molecule has 2 atom stereocenters. The number of hydrogen-bond donors (Lipinski definition) is 2. The number of nitrogens with one attached hydrogen (secondary N) is 2. The number of ether oxygens (including phenoxy) is 1. The van der Waals surface area contributed by atoms with E-state index < -0.39 is 11.9 Å². The van der Waals surface area contributed by atoms with Gasteiger partial charge in [-0.25, -0.2) is 9.98 Å². The summed E-state index contributed by atoms with van der Waals surface area (Å²) >= 11 is 0.972. The van der Waals surface area contributed by atoms with Crippen molar-refractivity contribution in [3.63, 3.8) is 0 Å². The van der Waals surface area contributed by atoms with E-state index in [0.29, 0.717) is 17.5 Å². The fourth-order valence-corrected chi connectivity index (χ4v) is 3.70. The van der Waals surface area contributed by atoms with Crippen LogP contribution in [0.1, 0.15) is 37.9 Å². The first kappa shape index (κ1) is 21.9. The molecule has 1 aromatic rings. The second-order valence-corrected chi connectivity index (χ2v) is 7.56. The lowest BCUT2D eigenvalue weighted by Gasteiger charge is -2.35. The third-order valence-electron chi connectivity index (χ3n) is 4.00. The van der Waals surface area contributed by atoms with Crippen LogP contribution in [-0.4, -0.2) is 60.8 Å². The van der Waals surface area contributed by atoms with Crippen molar-refractivity contribution in [2.75, 3.05) is 32.7 Å². The first-order valence-corrected chi connectivity index (χ1v) is 10.1. The van der Waals surface area contributed by atoms with Gasteiger partial charge in [-0.05, 0) is 27.2 Å². The molecule has 2 heterocycles. The zero-order chi connectivity index (χ0) is 19.9. The summed E-state index contributed by atoms with van der Waals surface area (Å²) in [6.45, 7) is 10.5. The molecule has 0 spiro atoms. The number of nitrogens with zero attached hydrogens (tertiary/aromatic N) is 3. The van der Waals surface area contributed by atoms with Gasteiger partial charge < -0.3 is 15.4 Å². The number of guanidine groups is 1. The zero-order valence-corrected chi connectivity index (χ0v) is 16.8. The van der Waals surface area contributed by atoms with Crippen molar-refractivity contribution in [2.45, 2.75) is 52.1 Å². The van der Waals surface area contributed by atoms with Crippen molar-refractivity contribution >= 4 is 17.3 Å². The maximum absolute atomic E-state index is 12.6. The summed E-state index contributed by atoms with van der Waals surface area (Å²) in [5.41, 5.74) is -0.857. The molecule has 0 aliphatic carbocycles. The molecule has 6 nitrogen and oxygen atoms in total. The van der Waals surface area contributed by atoms with E-state index in [1.54, 1.807) is 0 Å². The van der Waals surface area contributed by atoms with Gasteiger partial charge in [0.1, 0.15) is 5.01 Å². The quantitative estimate of drug-likeness (QED) is 0.413. The Bertz CT molecular complexity index is 598. The van der Waals surface area contributed by atoms with Crippen LogP contribution < -0.4 is 10.6 Å². The zero-order valence-electron chi connectivity index (χ0n) is 16.0. The lowest BCUT2D eigenvalue weighted by molar-refractivity contribution is -0.140. The molecule has 0 bridgehead atoms. The number of aliphatic imine (C=N–C) groups is 1. The lowest BCUT2D eigenvalue weighted by atomic mass is 10.2. The number of halogens is 3. The predicted octanol–water partition coefficient (Wildman–Crippen LogP) is 2.72. The summed E-state index contributed by atoms with van der Waals surface area (Å²) in [4.78, 5) is 10.3. The Hall–Kier alpha value is -1.39. The van der Waals surface area contributed by atoms with E-state index in [2.05, 4.69) is 39.4 Å². The normalized spacial score (nSPS) is 22.1. The molecule has 1 saturated heterocycles. The summed E-state index contributed by atoms with van der Waals surface area (Å²) in [6.07, 6.45) is -2.96. The minimum Gasteiger partial charge on any atom is -0.373 e. The van der Waals surface area contributed by atoms with Gasteiger partial charge in [0, 0.05) is 38.1 Å². The largest absolute Gasteiger partial charge is 0.434 e. The predicted molar refractivity (Wildman–Crippen MR) is 101 cm³/mol. The first-order valence-electron chi connectivity index (χ1n) is 9.19. The number of alkyl halides is 3. The van der Waals surface area contributed by atoms with E-state index in [4.69, 9.17) is 4.74 Å². The highest BCUT2D eigenvalue weighted by Gasteiger charge is 2.33. The summed E-state index contributed by atoms with van der Waals surface area (Å²) in [6, 6.07) is 0. The van der Waals surface area contributed by atoms with Crippen LogP contribution in [0.4, 0.5) is 13.2 Å². The Morgan fingerprint density at radius 3 is 2.63 bits per heavy atom. The molecular weight excluding hydrogens is 379 g/mol. The van der Waals surface area contributed by atoms with E-state index >= 15 is 0 Å². The first-order chi connectivity index (χ1) is 12.8. The van der Waals surface area contributed by atoms with Crippen LogP contribution in [0.5, 0.6) is 0 Å². The molecule has 0 saturated carbocycles. The third-order valence-corrected chi connectivity index (χ3v) is 4.83. The topological polar surface area (TPSA) is 61.8 Å². The van der Waals surface area contributed by atoms with Crippen LogP contribution in [0, 0.1) is 0 Å². The van der Waals surface area contributed by atoms with Crippen LogP contribution in [0.15, 0.2) is 10.4 Å². The van der Waals surface area contributed by atoms with Gasteiger partial charge in [-0.2, -0.15) is 13.2 Å². The number of hydrogen-bond acceptors (Lipinski definition) is 5. The van der Waals surface area contributed by atoms with Gasteiger partial charge in [-0.15, -0.1) is 11.3 Å². The Morgan fingerprint density at radius 2 is 2.04 bits per heavy atom. The molecule has 1 aromatic heterocycles. The van der Waals surface area contributed by atoms with E-state index in [0.717, 1.165) is 49.3 Å². The second kappa shape index (κ2) is 10.2. The van der Waals surface area contributed by atoms with Gasteiger partial charge in [-0.1, -0.05) is 0 Å². The van der Waals surface area contributed by atoms with Gasteiger partial charge in [0.2, 0.25) is 0 Å². The minimum absolute atomic E-state index is 0.120. The molecule has 2 unspecified atom stereocenters. The SMILES string of the molecule is CCNC(=NCc1nc(C(F)(F)F)cs1)NCCCN1CC(C)OC(C)C1. The molecule has 1 aliphatic rings. The van der Waals surface area contributed by atoms with E-state index in [-0.39, 0.29) is 18.8 Å². The summed E-state index contributed by atoms with van der Waals surface area (Å²) < 4.78 is 43.5. The molecule has 154 valence electrons. The maximum Gasteiger partial charge on any atom is 0.434 e. The highest BCUT2D eigenvalue weighted by Crippen LogP contribution is 2.30. The van der Waals surface area contributed by atoms with Crippen molar-refractivity contribution in [3.05, 3.63) is 16.1 Å². The fourth-order valence-electron chi connectivity index (χ4n) is 2.98. The maximum atomic E-state index is 12.6. The molecule has 0 aromatic carbocycles. The molecule has 0 radical (unpaired) electrons. The highest BCUT2D eigenvalue weighted by atomic mass is 32.1. The van der Waals surface area contributed by atoms with Crippen molar-refractivity contribution in [3.8, 4) is 0 Å². The van der Waals surface area contributed by atoms with Gasteiger partial charge in [-0.3, -0.25) is 4.90 Å². The van der Waals surface area contributed by atoms with Crippen LogP contribution in [0.2, 0.25) is 0 Å². The summed E-state index contributed by atoms with van der Waals surface area (Å²) in [5.74, 6) is 0.588. The monoisotopic (exact) mass is 407 g/mol. The number of thiazole rings is 1. The molecule has 2 N–H and O–H groups in total. The molecule has 1 aliphatic heterocycles. The highest BCUT2D eigenvalue weighted by molar-refractivity contribution is 7.09. The smallest absolute Gasteiger partial charge is 0.373 e. The van der Waals surface area contributed by atoms with Gasteiger partial charge >= 0.3 is 6.18 Å². The van der Waals surface area contributed by atoms with Gasteiger partial charge in [0.15, 0.2) is 11.7 Å². The van der Waals surface area contributed by atoms with E-state index in [1.807, 2.05) is 6.92 Å².